The van der Waals surface area contributed by atoms with Gasteiger partial charge in [0, 0.05) is 12.1 Å². The van der Waals surface area contributed by atoms with Crippen molar-refractivity contribution in [1.29, 1.82) is 0 Å². The molecule has 0 N–H and O–H groups in total. The van der Waals surface area contributed by atoms with Crippen molar-refractivity contribution in [1.82, 2.24) is 0 Å². The molecule has 7 nitrogen and oxygen atoms in total. The lowest BCUT2D eigenvalue weighted by Gasteiger charge is -2.11. The summed E-state index contributed by atoms with van der Waals surface area (Å²) in [5.41, 5.74) is 0.852. The van der Waals surface area contributed by atoms with Gasteiger partial charge in [0.1, 0.15) is 36.7 Å². The molecule has 3 aromatic rings. The number of carbonyl (C=O) groups is 1. The van der Waals surface area contributed by atoms with Crippen molar-refractivity contribution in [2.45, 2.75) is 27.1 Å². The SMILES string of the molecule is CCOc1cc(OCC)cc(C(=O)OCc2cc(=O)c(OCc3ccccc3)co2)c1. The smallest absolute Gasteiger partial charge is 0.338 e. The molecule has 3 rings (SSSR count). The summed E-state index contributed by atoms with van der Waals surface area (Å²) in [6.07, 6.45) is 1.22. The molecule has 31 heavy (non-hydrogen) atoms. The van der Waals surface area contributed by atoms with E-state index >= 15 is 0 Å². The van der Waals surface area contributed by atoms with E-state index in [4.69, 9.17) is 23.4 Å². The summed E-state index contributed by atoms with van der Waals surface area (Å²) in [5.74, 6) is 0.717. The first-order valence-electron chi connectivity index (χ1n) is 9.95. The van der Waals surface area contributed by atoms with Crippen molar-refractivity contribution in [3.63, 3.8) is 0 Å². The number of benzene rings is 2. The molecule has 0 fully saturated rings. The van der Waals surface area contributed by atoms with Crippen molar-refractivity contribution in [3.05, 3.63) is 88.0 Å². The van der Waals surface area contributed by atoms with Gasteiger partial charge in [0.05, 0.1) is 18.8 Å². The van der Waals surface area contributed by atoms with E-state index in [0.717, 1.165) is 5.56 Å². The van der Waals surface area contributed by atoms with Crippen molar-refractivity contribution in [2.75, 3.05) is 13.2 Å². The second-order valence-corrected chi connectivity index (χ2v) is 6.48. The molecule has 0 aliphatic carbocycles. The highest BCUT2D eigenvalue weighted by Gasteiger charge is 2.13. The number of hydrogen-bond donors (Lipinski definition) is 0. The number of ether oxygens (including phenoxy) is 4. The third kappa shape index (κ3) is 6.37. The molecule has 0 unspecified atom stereocenters. The molecule has 0 spiro atoms. The summed E-state index contributed by atoms with van der Waals surface area (Å²) < 4.78 is 27.1. The monoisotopic (exact) mass is 424 g/mol. The number of rotatable bonds is 10. The largest absolute Gasteiger partial charge is 0.494 e. The van der Waals surface area contributed by atoms with E-state index in [9.17, 15) is 9.59 Å². The van der Waals surface area contributed by atoms with Crippen LogP contribution in [0.5, 0.6) is 17.2 Å². The molecule has 0 amide bonds. The van der Waals surface area contributed by atoms with Gasteiger partial charge in [0.2, 0.25) is 11.2 Å². The molecule has 7 heteroatoms. The molecule has 0 atom stereocenters. The summed E-state index contributed by atoms with van der Waals surface area (Å²) in [7, 11) is 0. The van der Waals surface area contributed by atoms with Gasteiger partial charge in [-0.2, -0.15) is 0 Å². The fraction of sp³-hybridized carbons (Fsp3) is 0.250. The second kappa shape index (κ2) is 10.9. The molecule has 2 aromatic carbocycles. The predicted octanol–water partition coefficient (Wildman–Crippen LogP) is 4.37. The van der Waals surface area contributed by atoms with Crippen LogP contribution >= 0.6 is 0 Å². The standard InChI is InChI=1S/C24H24O7/c1-3-27-19-10-18(11-20(12-19)28-4-2)24(26)31-15-21-13-22(25)23(16-29-21)30-14-17-8-6-5-7-9-17/h5-13,16H,3-4,14-15H2,1-2H3. The van der Waals surface area contributed by atoms with Crippen LogP contribution < -0.4 is 19.6 Å². The lowest BCUT2D eigenvalue weighted by Crippen LogP contribution is -2.10. The Morgan fingerprint density at radius 2 is 1.55 bits per heavy atom. The van der Waals surface area contributed by atoms with Gasteiger partial charge in [0.25, 0.3) is 0 Å². The quantitative estimate of drug-likeness (QED) is 0.447. The molecule has 1 heterocycles. The maximum Gasteiger partial charge on any atom is 0.338 e. The summed E-state index contributed by atoms with van der Waals surface area (Å²) >= 11 is 0. The minimum Gasteiger partial charge on any atom is -0.494 e. The summed E-state index contributed by atoms with van der Waals surface area (Å²) in [6, 6.07) is 15.6. The Balaban J connectivity index is 1.62. The van der Waals surface area contributed by atoms with Crippen LogP contribution in [0.4, 0.5) is 0 Å². The van der Waals surface area contributed by atoms with Crippen LogP contribution in [-0.2, 0) is 18.0 Å². The first-order chi connectivity index (χ1) is 15.1. The fourth-order valence-electron chi connectivity index (χ4n) is 2.76. The van der Waals surface area contributed by atoms with Crippen LogP contribution in [0.2, 0.25) is 0 Å². The van der Waals surface area contributed by atoms with Gasteiger partial charge in [-0.25, -0.2) is 4.79 Å². The van der Waals surface area contributed by atoms with Crippen LogP contribution in [0.25, 0.3) is 0 Å². The van der Waals surface area contributed by atoms with Crippen LogP contribution in [0.15, 0.2) is 70.1 Å². The van der Waals surface area contributed by atoms with E-state index < -0.39 is 5.97 Å². The molecule has 0 aliphatic heterocycles. The van der Waals surface area contributed by atoms with E-state index in [1.165, 1.54) is 12.3 Å². The maximum absolute atomic E-state index is 12.5. The maximum atomic E-state index is 12.5. The van der Waals surface area contributed by atoms with Gasteiger partial charge < -0.3 is 23.4 Å². The van der Waals surface area contributed by atoms with E-state index in [1.54, 1.807) is 18.2 Å². The van der Waals surface area contributed by atoms with Gasteiger partial charge >= 0.3 is 5.97 Å². The van der Waals surface area contributed by atoms with Crippen LogP contribution in [0, 0.1) is 0 Å². The minimum absolute atomic E-state index is 0.0877. The average Bonchev–Trinajstić information content (AvgIpc) is 2.78. The second-order valence-electron chi connectivity index (χ2n) is 6.48. The Bertz CT molecular complexity index is 1030. The van der Waals surface area contributed by atoms with Gasteiger partial charge in [-0.05, 0) is 31.5 Å². The topological polar surface area (TPSA) is 84.2 Å². The molecular formula is C24H24O7. The van der Waals surface area contributed by atoms with E-state index in [2.05, 4.69) is 0 Å². The van der Waals surface area contributed by atoms with E-state index in [-0.39, 0.29) is 35.7 Å². The molecule has 0 saturated carbocycles. The van der Waals surface area contributed by atoms with Gasteiger partial charge in [-0.15, -0.1) is 0 Å². The number of hydrogen-bond acceptors (Lipinski definition) is 7. The molecule has 162 valence electrons. The Labute approximate surface area is 180 Å². The molecule has 0 aliphatic rings. The Kier molecular flexibility index (Phi) is 7.70. The zero-order valence-electron chi connectivity index (χ0n) is 17.5. The number of esters is 1. The fourth-order valence-corrected chi connectivity index (χ4v) is 2.76. The lowest BCUT2D eigenvalue weighted by atomic mass is 10.2. The van der Waals surface area contributed by atoms with Crippen molar-refractivity contribution < 1.29 is 28.2 Å². The van der Waals surface area contributed by atoms with Crippen LogP contribution in [0.3, 0.4) is 0 Å². The average molecular weight is 424 g/mol. The highest BCUT2D eigenvalue weighted by atomic mass is 16.5. The first-order valence-corrected chi connectivity index (χ1v) is 9.95. The molecular weight excluding hydrogens is 400 g/mol. The van der Waals surface area contributed by atoms with E-state index in [1.807, 2.05) is 44.2 Å². The molecule has 0 bridgehead atoms. The van der Waals surface area contributed by atoms with Crippen LogP contribution in [0.1, 0.15) is 35.5 Å². The van der Waals surface area contributed by atoms with Gasteiger partial charge in [-0.3, -0.25) is 4.79 Å². The molecule has 1 aromatic heterocycles. The van der Waals surface area contributed by atoms with E-state index in [0.29, 0.717) is 24.7 Å². The van der Waals surface area contributed by atoms with Crippen molar-refractivity contribution >= 4 is 5.97 Å². The van der Waals surface area contributed by atoms with Crippen molar-refractivity contribution in [3.8, 4) is 17.2 Å². The molecule has 0 saturated heterocycles. The van der Waals surface area contributed by atoms with Gasteiger partial charge in [0.15, 0.2) is 0 Å². The predicted molar refractivity (Wildman–Crippen MR) is 114 cm³/mol. The normalized spacial score (nSPS) is 10.4. The zero-order valence-corrected chi connectivity index (χ0v) is 17.5. The Hall–Kier alpha value is -3.74. The zero-order chi connectivity index (χ0) is 22.1. The van der Waals surface area contributed by atoms with Crippen molar-refractivity contribution in [2.24, 2.45) is 0 Å². The third-order valence-electron chi connectivity index (χ3n) is 4.17. The first kappa shape index (κ1) is 22.0. The highest BCUT2D eigenvalue weighted by molar-refractivity contribution is 5.90. The highest BCUT2D eigenvalue weighted by Crippen LogP contribution is 2.24. The minimum atomic E-state index is -0.588. The summed E-state index contributed by atoms with van der Waals surface area (Å²) in [4.78, 5) is 24.7. The summed E-state index contributed by atoms with van der Waals surface area (Å²) in [6.45, 7) is 4.65. The van der Waals surface area contributed by atoms with Crippen LogP contribution in [-0.4, -0.2) is 19.2 Å². The molecule has 0 radical (unpaired) electrons. The number of carbonyl (C=O) groups excluding carboxylic acids is 1. The Morgan fingerprint density at radius 3 is 2.16 bits per heavy atom. The third-order valence-corrected chi connectivity index (χ3v) is 4.17. The van der Waals surface area contributed by atoms with Gasteiger partial charge in [-0.1, -0.05) is 30.3 Å². The lowest BCUT2D eigenvalue weighted by molar-refractivity contribution is 0.0441. The Morgan fingerprint density at radius 1 is 0.871 bits per heavy atom. The summed E-state index contributed by atoms with van der Waals surface area (Å²) in [5, 5.41) is 0.